The number of nitrogens with zero attached hydrogens (tertiary/aromatic N) is 1. The number of rotatable bonds is 27. The van der Waals surface area contributed by atoms with E-state index in [0.29, 0.717) is 11.0 Å². The number of carbonyl (C=O) groups excluding carboxylic acids is 1. The van der Waals surface area contributed by atoms with E-state index in [1.54, 1.807) is 0 Å². The molecule has 0 heterocycles. The molecule has 2 atom stereocenters. The quantitative estimate of drug-likeness (QED) is 0.0513. The summed E-state index contributed by atoms with van der Waals surface area (Å²) in [6, 6.07) is 0. The highest BCUT2D eigenvalue weighted by Crippen LogP contribution is 2.42. The number of hydrogen-bond acceptors (Lipinski definition) is 6. The Balaban J connectivity index is 3.78. The monoisotopic (exact) mass is 552 g/mol. The molecule has 0 radical (unpaired) electrons. The fourth-order valence-corrected chi connectivity index (χ4v) is 4.75. The lowest BCUT2D eigenvalue weighted by Crippen LogP contribution is -2.37. The predicted molar refractivity (Wildman–Crippen MR) is 150 cm³/mol. The van der Waals surface area contributed by atoms with Crippen molar-refractivity contribution in [2.75, 3.05) is 60.7 Å². The second kappa shape index (κ2) is 23.4. The normalized spacial score (nSPS) is 14.4. The van der Waals surface area contributed by atoms with Crippen LogP contribution in [0, 0.1) is 5.92 Å². The van der Waals surface area contributed by atoms with E-state index in [4.69, 9.17) is 18.5 Å². The fraction of sp³-hybridized carbons (Fsp3) is 0.964. The second-order valence-corrected chi connectivity index (χ2v) is 12.5. The summed E-state index contributed by atoms with van der Waals surface area (Å²) in [7, 11) is 1.83. The van der Waals surface area contributed by atoms with Crippen LogP contribution in [-0.4, -0.2) is 76.1 Å². The Hall–Kier alpha value is -0.500. The highest BCUT2D eigenvalue weighted by atomic mass is 31.2. The lowest BCUT2D eigenvalue weighted by molar-refractivity contribution is -0.870. The molecule has 0 bridgehead atoms. The molecule has 2 unspecified atom stereocenters. The summed E-state index contributed by atoms with van der Waals surface area (Å²) in [4.78, 5) is 22.1. The van der Waals surface area contributed by atoms with Crippen LogP contribution in [0.25, 0.3) is 0 Å². The Bertz CT molecular complexity index is 583. The first-order valence-electron chi connectivity index (χ1n) is 14.8. The maximum Gasteiger partial charge on any atom is 0.472 e. The van der Waals surface area contributed by atoms with Gasteiger partial charge in [-0.3, -0.25) is 13.8 Å². The minimum atomic E-state index is -4.07. The van der Waals surface area contributed by atoms with Gasteiger partial charge in [0.05, 0.1) is 46.9 Å². The topological polar surface area (TPSA) is 91.3 Å². The molecule has 8 nitrogen and oxygen atoms in total. The molecule has 9 heteroatoms. The second-order valence-electron chi connectivity index (χ2n) is 11.1. The SMILES string of the molecule is CCCCCCCCCCCCCCC(CCC)C(=O)OCCOCCOP(=O)(O)OCC[N+](C)(C)C. The Morgan fingerprint density at radius 2 is 1.22 bits per heavy atom. The lowest BCUT2D eigenvalue weighted by atomic mass is 9.96. The van der Waals surface area contributed by atoms with Crippen molar-refractivity contribution < 1.29 is 37.3 Å². The van der Waals surface area contributed by atoms with Crippen molar-refractivity contribution >= 4 is 13.8 Å². The standard InChI is InChI=1S/C28H58NO7P/c1-6-8-9-10-11-12-13-14-15-16-17-18-20-27(19-7-2)28(30)34-25-23-33-24-26-36-37(31,32)35-22-21-29(3,4)5/h27H,6-26H2,1-5H3/p+1. The zero-order chi connectivity index (χ0) is 27.8. The third-order valence-electron chi connectivity index (χ3n) is 6.35. The number of hydrogen-bond donors (Lipinski definition) is 1. The molecule has 0 aromatic heterocycles. The van der Waals surface area contributed by atoms with Crippen LogP contribution in [0.1, 0.15) is 110 Å². The zero-order valence-electron chi connectivity index (χ0n) is 24.7. The van der Waals surface area contributed by atoms with Gasteiger partial charge in [-0.15, -0.1) is 0 Å². The van der Waals surface area contributed by atoms with Crippen LogP contribution in [0.2, 0.25) is 0 Å². The summed E-state index contributed by atoms with van der Waals surface area (Å²) in [5, 5.41) is 0. The van der Waals surface area contributed by atoms with E-state index >= 15 is 0 Å². The molecule has 0 amide bonds. The minimum Gasteiger partial charge on any atom is -0.463 e. The van der Waals surface area contributed by atoms with Crippen molar-refractivity contribution in [3.8, 4) is 0 Å². The summed E-state index contributed by atoms with van der Waals surface area (Å²) in [6.07, 6.45) is 18.4. The van der Waals surface area contributed by atoms with Crippen LogP contribution in [-0.2, 0) is 27.9 Å². The molecule has 1 N–H and O–H groups in total. The maximum absolute atomic E-state index is 12.5. The summed E-state index contributed by atoms with van der Waals surface area (Å²) < 4.78 is 33.1. The Labute approximate surface area is 228 Å². The fourth-order valence-electron chi connectivity index (χ4n) is 4.06. The van der Waals surface area contributed by atoms with E-state index < -0.39 is 7.82 Å². The molecule has 0 saturated carbocycles. The number of phosphoric ester groups is 1. The Morgan fingerprint density at radius 1 is 0.703 bits per heavy atom. The van der Waals surface area contributed by atoms with Gasteiger partial charge >= 0.3 is 13.8 Å². The molecule has 0 spiro atoms. The molecule has 0 aromatic carbocycles. The van der Waals surface area contributed by atoms with Gasteiger partial charge in [-0.05, 0) is 12.8 Å². The van der Waals surface area contributed by atoms with Crippen LogP contribution < -0.4 is 0 Å². The minimum absolute atomic E-state index is 0.0411. The van der Waals surface area contributed by atoms with E-state index in [9.17, 15) is 14.3 Å². The number of ether oxygens (including phenoxy) is 2. The van der Waals surface area contributed by atoms with Crippen LogP contribution in [0.5, 0.6) is 0 Å². The molecule has 37 heavy (non-hydrogen) atoms. The average Bonchev–Trinajstić information content (AvgIpc) is 2.82. The number of esters is 1. The summed E-state index contributed by atoms with van der Waals surface area (Å²) in [5.41, 5.74) is 0. The number of phosphoric acid groups is 1. The summed E-state index contributed by atoms with van der Waals surface area (Å²) >= 11 is 0. The molecule has 0 aliphatic carbocycles. The van der Waals surface area contributed by atoms with E-state index in [1.807, 2.05) is 21.1 Å². The van der Waals surface area contributed by atoms with Crippen LogP contribution in [0.3, 0.4) is 0 Å². The van der Waals surface area contributed by atoms with Gasteiger partial charge < -0.3 is 18.9 Å². The molecule has 0 aliphatic heterocycles. The van der Waals surface area contributed by atoms with E-state index in [0.717, 1.165) is 25.7 Å². The van der Waals surface area contributed by atoms with Crippen molar-refractivity contribution in [3.05, 3.63) is 0 Å². The third-order valence-corrected chi connectivity index (χ3v) is 7.36. The van der Waals surface area contributed by atoms with Gasteiger partial charge in [0.1, 0.15) is 19.8 Å². The smallest absolute Gasteiger partial charge is 0.463 e. The van der Waals surface area contributed by atoms with Crippen molar-refractivity contribution in [2.45, 2.75) is 110 Å². The van der Waals surface area contributed by atoms with E-state index in [-0.39, 0.29) is 44.9 Å². The highest BCUT2D eigenvalue weighted by Gasteiger charge is 2.22. The largest absolute Gasteiger partial charge is 0.472 e. The maximum atomic E-state index is 12.5. The van der Waals surface area contributed by atoms with Crippen molar-refractivity contribution in [1.29, 1.82) is 0 Å². The predicted octanol–water partition coefficient (Wildman–Crippen LogP) is 6.89. The van der Waals surface area contributed by atoms with E-state index in [1.165, 1.54) is 70.6 Å². The Morgan fingerprint density at radius 3 is 1.76 bits per heavy atom. The highest BCUT2D eigenvalue weighted by molar-refractivity contribution is 7.47. The number of likely N-dealkylation sites (N-methyl/N-ethyl adjacent to an activating group) is 1. The van der Waals surface area contributed by atoms with Crippen LogP contribution in [0.4, 0.5) is 0 Å². The van der Waals surface area contributed by atoms with Crippen molar-refractivity contribution in [3.63, 3.8) is 0 Å². The molecular formula is C28H59NO7P+. The summed E-state index contributed by atoms with van der Waals surface area (Å²) in [6.45, 7) is 5.54. The first-order valence-corrected chi connectivity index (χ1v) is 16.3. The Kier molecular flexibility index (Phi) is 23.1. The molecular weight excluding hydrogens is 493 g/mol. The number of carbonyl (C=O) groups is 1. The van der Waals surface area contributed by atoms with E-state index in [2.05, 4.69) is 13.8 Å². The molecule has 0 aliphatic rings. The van der Waals surface area contributed by atoms with Crippen molar-refractivity contribution in [2.24, 2.45) is 5.92 Å². The van der Waals surface area contributed by atoms with Crippen LogP contribution in [0.15, 0.2) is 0 Å². The molecule has 0 fully saturated rings. The summed E-state index contributed by atoms with van der Waals surface area (Å²) in [5.74, 6) is -0.184. The number of unbranched alkanes of at least 4 members (excludes halogenated alkanes) is 11. The van der Waals surface area contributed by atoms with Gasteiger partial charge in [-0.25, -0.2) is 4.57 Å². The van der Waals surface area contributed by atoms with Crippen LogP contribution >= 0.6 is 7.82 Å². The molecule has 0 rings (SSSR count). The van der Waals surface area contributed by atoms with Crippen molar-refractivity contribution in [1.82, 2.24) is 0 Å². The van der Waals surface area contributed by atoms with Gasteiger partial charge in [0.25, 0.3) is 0 Å². The molecule has 0 saturated heterocycles. The van der Waals surface area contributed by atoms with Gasteiger partial charge in [0.15, 0.2) is 0 Å². The van der Waals surface area contributed by atoms with Gasteiger partial charge in [-0.2, -0.15) is 0 Å². The van der Waals surface area contributed by atoms with Gasteiger partial charge in [-0.1, -0.05) is 97.3 Å². The molecule has 0 aromatic rings. The molecule has 222 valence electrons. The van der Waals surface area contributed by atoms with Gasteiger partial charge in [0.2, 0.25) is 0 Å². The zero-order valence-corrected chi connectivity index (χ0v) is 25.6. The number of quaternary nitrogens is 1. The third kappa shape index (κ3) is 25.5. The average molecular weight is 553 g/mol. The first-order chi connectivity index (χ1) is 17.6. The first kappa shape index (κ1) is 36.5. The lowest BCUT2D eigenvalue weighted by Gasteiger charge is -2.24. The van der Waals surface area contributed by atoms with Gasteiger partial charge in [0, 0.05) is 0 Å².